The molecule has 2 amide bonds. The second kappa shape index (κ2) is 23.4. The standard InChI is InChI=1S/C50H56N2O10/c1-50(2,3)62-49(55)51-41(48(54)60-34-40-27-17-8-18-28-40)29-43(53)52-47-46(59-33-39-25-15-7-16-26-39)45(58-32-38-23-13-6-14-24-38)44(57-31-37-21-11-5-12-22-37)42(61-47)35-56-30-36-19-9-4-10-20-36/h4-28,41-42,44-47H,29-35H2,1-3H3,(H,51,55)(H,52,53)/t41-,42+,44-,45-,46+,47-/m0/s1. The Morgan fingerprint density at radius 3 is 1.45 bits per heavy atom. The molecule has 12 nitrogen and oxygen atoms in total. The van der Waals surface area contributed by atoms with Crippen LogP contribution in [0.1, 0.15) is 55.0 Å². The molecule has 0 unspecified atom stereocenters. The molecule has 5 aromatic carbocycles. The van der Waals surface area contributed by atoms with Gasteiger partial charge in [0, 0.05) is 0 Å². The van der Waals surface area contributed by atoms with Crippen molar-refractivity contribution >= 4 is 18.0 Å². The molecule has 326 valence electrons. The molecular weight excluding hydrogens is 789 g/mol. The molecule has 1 aliphatic rings. The second-order valence-corrected chi connectivity index (χ2v) is 15.9. The van der Waals surface area contributed by atoms with Crippen LogP contribution in [0.5, 0.6) is 0 Å². The molecule has 6 atom stereocenters. The second-order valence-electron chi connectivity index (χ2n) is 15.9. The molecule has 0 spiro atoms. The van der Waals surface area contributed by atoms with Crippen molar-refractivity contribution in [3.05, 3.63) is 179 Å². The lowest BCUT2D eigenvalue weighted by Gasteiger charge is -2.46. The monoisotopic (exact) mass is 844 g/mol. The molecule has 0 radical (unpaired) electrons. The Labute approximate surface area is 363 Å². The Bertz CT molecular complexity index is 2090. The van der Waals surface area contributed by atoms with Gasteiger partial charge in [0.2, 0.25) is 5.91 Å². The number of carbonyl (C=O) groups is 3. The molecule has 1 fully saturated rings. The van der Waals surface area contributed by atoms with Gasteiger partial charge in [-0.3, -0.25) is 4.79 Å². The largest absolute Gasteiger partial charge is 0.459 e. The summed E-state index contributed by atoms with van der Waals surface area (Å²) >= 11 is 0. The van der Waals surface area contributed by atoms with Crippen molar-refractivity contribution < 1.29 is 47.5 Å². The molecule has 12 heteroatoms. The third-order valence-corrected chi connectivity index (χ3v) is 9.78. The minimum Gasteiger partial charge on any atom is -0.459 e. The molecule has 1 saturated heterocycles. The van der Waals surface area contributed by atoms with Crippen molar-refractivity contribution in [2.75, 3.05) is 6.61 Å². The van der Waals surface area contributed by atoms with Crippen molar-refractivity contribution in [3.8, 4) is 0 Å². The van der Waals surface area contributed by atoms with Crippen LogP contribution < -0.4 is 10.6 Å². The predicted octanol–water partition coefficient (Wildman–Crippen LogP) is 7.83. The third-order valence-electron chi connectivity index (χ3n) is 9.78. The molecule has 0 saturated carbocycles. The molecule has 2 N–H and O–H groups in total. The maximum atomic E-state index is 14.2. The van der Waals surface area contributed by atoms with E-state index < -0.39 is 66.7 Å². The van der Waals surface area contributed by atoms with Gasteiger partial charge in [0.05, 0.1) is 39.5 Å². The highest BCUT2D eigenvalue weighted by Gasteiger charge is 2.49. The number of rotatable bonds is 20. The molecule has 1 aliphatic heterocycles. The zero-order valence-corrected chi connectivity index (χ0v) is 35.4. The lowest BCUT2D eigenvalue weighted by atomic mass is 9.96. The first-order valence-electron chi connectivity index (χ1n) is 20.8. The van der Waals surface area contributed by atoms with Crippen LogP contribution >= 0.6 is 0 Å². The van der Waals surface area contributed by atoms with Crippen LogP contribution in [0.4, 0.5) is 4.79 Å². The van der Waals surface area contributed by atoms with E-state index in [1.807, 2.05) is 140 Å². The first-order valence-corrected chi connectivity index (χ1v) is 20.8. The zero-order valence-electron chi connectivity index (χ0n) is 35.4. The van der Waals surface area contributed by atoms with E-state index in [9.17, 15) is 14.4 Å². The minimum atomic E-state index is -1.40. The fraction of sp³-hybridized carbons (Fsp3) is 0.340. The van der Waals surface area contributed by atoms with Gasteiger partial charge >= 0.3 is 12.1 Å². The number of nitrogens with one attached hydrogen (secondary N) is 2. The highest BCUT2D eigenvalue weighted by atomic mass is 16.6. The lowest BCUT2D eigenvalue weighted by Crippen LogP contribution is -2.65. The third kappa shape index (κ3) is 14.9. The minimum absolute atomic E-state index is 0.0651. The van der Waals surface area contributed by atoms with Gasteiger partial charge in [-0.25, -0.2) is 9.59 Å². The smallest absolute Gasteiger partial charge is 0.408 e. The Morgan fingerprint density at radius 1 is 0.565 bits per heavy atom. The lowest BCUT2D eigenvalue weighted by molar-refractivity contribution is -0.277. The van der Waals surface area contributed by atoms with E-state index in [4.69, 9.17) is 33.2 Å². The summed E-state index contributed by atoms with van der Waals surface area (Å²) in [4.78, 5) is 40.8. The molecule has 0 aliphatic carbocycles. The van der Waals surface area contributed by atoms with E-state index in [1.54, 1.807) is 32.9 Å². The number of benzene rings is 5. The van der Waals surface area contributed by atoms with Crippen LogP contribution in [0.2, 0.25) is 0 Å². The molecule has 1 heterocycles. The van der Waals surface area contributed by atoms with Crippen LogP contribution in [-0.2, 0) is 75.8 Å². The highest BCUT2D eigenvalue weighted by Crippen LogP contribution is 2.30. The SMILES string of the molecule is CC(C)(C)OC(=O)N[C@@H](CC(=O)N[C@H]1O[C@H](COCc2ccccc2)[C@H](OCc2ccccc2)[C@H](OCc2ccccc2)[C@H]1OCc1ccccc1)C(=O)OCc1ccccc1. The first kappa shape index (κ1) is 45.6. The fourth-order valence-corrected chi connectivity index (χ4v) is 6.78. The van der Waals surface area contributed by atoms with Crippen LogP contribution in [0.25, 0.3) is 0 Å². The highest BCUT2D eigenvalue weighted by molar-refractivity contribution is 5.88. The van der Waals surface area contributed by atoms with E-state index >= 15 is 0 Å². The maximum absolute atomic E-state index is 14.2. The van der Waals surface area contributed by atoms with Gasteiger partial charge in [-0.05, 0) is 48.6 Å². The van der Waals surface area contributed by atoms with Gasteiger partial charge in [-0.15, -0.1) is 0 Å². The number of amides is 2. The number of carbonyl (C=O) groups excluding carboxylic acids is 3. The number of hydrogen-bond donors (Lipinski definition) is 2. The van der Waals surface area contributed by atoms with Gasteiger partial charge in [-0.1, -0.05) is 152 Å². The summed E-state index contributed by atoms with van der Waals surface area (Å²) in [5.74, 6) is -1.45. The van der Waals surface area contributed by atoms with Gasteiger partial charge in [0.25, 0.3) is 0 Å². The number of alkyl carbamates (subject to hydrolysis) is 1. The molecule has 0 aromatic heterocycles. The summed E-state index contributed by atoms with van der Waals surface area (Å²) in [5.41, 5.74) is 3.59. The van der Waals surface area contributed by atoms with E-state index in [1.165, 1.54) is 0 Å². The van der Waals surface area contributed by atoms with E-state index in [-0.39, 0.29) is 33.0 Å². The van der Waals surface area contributed by atoms with Crippen LogP contribution in [0.15, 0.2) is 152 Å². The molecular formula is C50H56N2O10. The summed E-state index contributed by atoms with van der Waals surface area (Å²) in [5, 5.41) is 5.51. The summed E-state index contributed by atoms with van der Waals surface area (Å²) in [6, 6.07) is 46.6. The van der Waals surface area contributed by atoms with Gasteiger partial charge in [-0.2, -0.15) is 0 Å². The molecule has 62 heavy (non-hydrogen) atoms. The Kier molecular flexibility index (Phi) is 17.2. The van der Waals surface area contributed by atoms with Crippen molar-refractivity contribution in [3.63, 3.8) is 0 Å². The van der Waals surface area contributed by atoms with Gasteiger partial charge in [0.1, 0.15) is 42.7 Å². The molecule has 6 rings (SSSR count). The molecule has 0 bridgehead atoms. The fourth-order valence-electron chi connectivity index (χ4n) is 6.78. The normalized spacial score (nSPS) is 19.2. The number of esters is 1. The number of ether oxygens (including phenoxy) is 7. The quantitative estimate of drug-likeness (QED) is 0.0746. The van der Waals surface area contributed by atoms with Crippen LogP contribution in [0, 0.1) is 0 Å². The van der Waals surface area contributed by atoms with Crippen molar-refractivity contribution in [2.24, 2.45) is 0 Å². The Morgan fingerprint density at radius 2 is 0.984 bits per heavy atom. The van der Waals surface area contributed by atoms with E-state index in [0.29, 0.717) is 6.61 Å². The first-order chi connectivity index (χ1) is 30.1. The topological polar surface area (TPSA) is 140 Å². The predicted molar refractivity (Wildman–Crippen MR) is 232 cm³/mol. The number of hydrogen-bond acceptors (Lipinski definition) is 10. The zero-order chi connectivity index (χ0) is 43.6. The van der Waals surface area contributed by atoms with Crippen molar-refractivity contribution in [2.45, 2.75) is 103 Å². The average molecular weight is 845 g/mol. The van der Waals surface area contributed by atoms with Gasteiger partial charge in [0.15, 0.2) is 6.23 Å². The summed E-state index contributed by atoms with van der Waals surface area (Å²) < 4.78 is 44.3. The van der Waals surface area contributed by atoms with Crippen LogP contribution in [0.3, 0.4) is 0 Å². The Hall–Kier alpha value is -5.89. The summed E-state index contributed by atoms with van der Waals surface area (Å²) in [6.07, 6.45) is -5.76. The Balaban J connectivity index is 1.29. The summed E-state index contributed by atoms with van der Waals surface area (Å²) in [7, 11) is 0. The summed E-state index contributed by atoms with van der Waals surface area (Å²) in [6.45, 7) is 6.01. The van der Waals surface area contributed by atoms with Crippen molar-refractivity contribution in [1.29, 1.82) is 0 Å². The maximum Gasteiger partial charge on any atom is 0.408 e. The van der Waals surface area contributed by atoms with E-state index in [2.05, 4.69) is 10.6 Å². The average Bonchev–Trinajstić information content (AvgIpc) is 3.27. The van der Waals surface area contributed by atoms with E-state index in [0.717, 1.165) is 27.8 Å². The van der Waals surface area contributed by atoms with Gasteiger partial charge < -0.3 is 43.8 Å². The van der Waals surface area contributed by atoms with Crippen LogP contribution in [-0.4, -0.2) is 66.9 Å². The van der Waals surface area contributed by atoms with Crippen molar-refractivity contribution in [1.82, 2.24) is 10.6 Å². The molecule has 5 aromatic rings.